The highest BCUT2D eigenvalue weighted by Gasteiger charge is 1.89. The van der Waals surface area contributed by atoms with Crippen LogP contribution in [0, 0.1) is 12.3 Å². The monoisotopic (exact) mass is 157 g/mol. The lowest BCUT2D eigenvalue weighted by molar-refractivity contribution is 0.616. The van der Waals surface area contributed by atoms with Crippen LogP contribution in [0.1, 0.15) is 13.8 Å². The van der Waals surface area contributed by atoms with Crippen LogP contribution in [0.15, 0.2) is 0 Å². The molecule has 0 unspecified atom stereocenters. The molecule has 0 aliphatic rings. The van der Waals surface area contributed by atoms with Gasteiger partial charge in [0.25, 0.3) is 0 Å². The van der Waals surface area contributed by atoms with Gasteiger partial charge < -0.3 is 5.32 Å². The van der Waals surface area contributed by atoms with Gasteiger partial charge in [0.05, 0.1) is 5.75 Å². The van der Waals surface area contributed by atoms with Crippen LogP contribution in [0.5, 0.6) is 0 Å². The third-order valence-corrected chi connectivity index (χ3v) is 1.85. The van der Waals surface area contributed by atoms with Gasteiger partial charge in [0.2, 0.25) is 0 Å². The van der Waals surface area contributed by atoms with Crippen molar-refractivity contribution in [2.24, 2.45) is 0 Å². The van der Waals surface area contributed by atoms with E-state index >= 15 is 0 Å². The van der Waals surface area contributed by atoms with Gasteiger partial charge in [0.15, 0.2) is 0 Å². The van der Waals surface area contributed by atoms with E-state index in [2.05, 4.69) is 25.1 Å². The highest BCUT2D eigenvalue weighted by atomic mass is 32.2. The highest BCUT2D eigenvalue weighted by Crippen LogP contribution is 1.95. The second kappa shape index (κ2) is 6.98. The van der Waals surface area contributed by atoms with Gasteiger partial charge in [-0.1, -0.05) is 19.8 Å². The van der Waals surface area contributed by atoms with Crippen molar-refractivity contribution in [3.63, 3.8) is 0 Å². The van der Waals surface area contributed by atoms with E-state index in [0.29, 0.717) is 6.04 Å². The Balaban J connectivity index is 2.86. The van der Waals surface area contributed by atoms with Crippen LogP contribution in [0.3, 0.4) is 0 Å². The summed E-state index contributed by atoms with van der Waals surface area (Å²) in [5, 5.41) is 3.31. The zero-order valence-electron chi connectivity index (χ0n) is 6.68. The van der Waals surface area contributed by atoms with E-state index in [4.69, 9.17) is 6.42 Å². The first-order valence-corrected chi connectivity index (χ1v) is 4.67. The van der Waals surface area contributed by atoms with Crippen LogP contribution >= 0.6 is 11.8 Å². The second-order valence-electron chi connectivity index (χ2n) is 2.37. The molecule has 1 nitrogen and oxygen atoms in total. The Hall–Kier alpha value is -0.130. The van der Waals surface area contributed by atoms with E-state index in [0.717, 1.165) is 18.1 Å². The van der Waals surface area contributed by atoms with Gasteiger partial charge in [0, 0.05) is 18.3 Å². The maximum atomic E-state index is 5.08. The molecule has 58 valence electrons. The first-order chi connectivity index (χ1) is 4.77. The van der Waals surface area contributed by atoms with Crippen LogP contribution in [0.25, 0.3) is 0 Å². The summed E-state index contributed by atoms with van der Waals surface area (Å²) >= 11 is 1.80. The minimum Gasteiger partial charge on any atom is -0.314 e. The SMILES string of the molecule is C#CCSCCNC(C)C. The minimum atomic E-state index is 0.589. The Morgan fingerprint density at radius 1 is 1.60 bits per heavy atom. The van der Waals surface area contributed by atoms with E-state index < -0.39 is 0 Å². The van der Waals surface area contributed by atoms with Gasteiger partial charge in [-0.2, -0.15) is 0 Å². The van der Waals surface area contributed by atoms with Gasteiger partial charge in [-0.3, -0.25) is 0 Å². The van der Waals surface area contributed by atoms with Gasteiger partial charge in [-0.05, 0) is 0 Å². The average molecular weight is 157 g/mol. The lowest BCUT2D eigenvalue weighted by Gasteiger charge is -2.05. The molecule has 0 spiro atoms. The quantitative estimate of drug-likeness (QED) is 0.477. The molecule has 0 amide bonds. The predicted octanol–water partition coefficient (Wildman–Crippen LogP) is 1.35. The van der Waals surface area contributed by atoms with E-state index in [9.17, 15) is 0 Å². The Kier molecular flexibility index (Phi) is 6.89. The third kappa shape index (κ3) is 7.87. The van der Waals surface area contributed by atoms with Crippen molar-refractivity contribution in [1.82, 2.24) is 5.32 Å². The standard InChI is InChI=1S/C8H15NS/c1-4-6-10-7-5-9-8(2)3/h1,8-9H,5-7H2,2-3H3. The molecule has 0 aliphatic heterocycles. The molecule has 0 aromatic carbocycles. The molecule has 2 heteroatoms. The molecule has 0 saturated heterocycles. The molecule has 0 aromatic heterocycles. The van der Waals surface area contributed by atoms with E-state index in [-0.39, 0.29) is 0 Å². The molecule has 0 atom stereocenters. The lowest BCUT2D eigenvalue weighted by atomic mass is 10.4. The summed E-state index contributed by atoms with van der Waals surface area (Å²) in [7, 11) is 0. The summed E-state index contributed by atoms with van der Waals surface area (Å²) in [6.07, 6.45) is 5.08. The minimum absolute atomic E-state index is 0.589. The first kappa shape index (κ1) is 9.87. The van der Waals surface area contributed by atoms with Crippen LogP contribution in [0.4, 0.5) is 0 Å². The fraction of sp³-hybridized carbons (Fsp3) is 0.750. The zero-order valence-corrected chi connectivity index (χ0v) is 7.50. The number of nitrogens with one attached hydrogen (secondary N) is 1. The van der Waals surface area contributed by atoms with Gasteiger partial charge >= 0.3 is 0 Å². The molecule has 0 fully saturated rings. The number of terminal acetylenes is 1. The molecule has 0 heterocycles. The van der Waals surface area contributed by atoms with Crippen molar-refractivity contribution in [3.05, 3.63) is 0 Å². The number of thioether (sulfide) groups is 1. The second-order valence-corrected chi connectivity index (χ2v) is 3.47. The van der Waals surface area contributed by atoms with Crippen molar-refractivity contribution >= 4 is 11.8 Å². The van der Waals surface area contributed by atoms with Crippen LogP contribution in [-0.4, -0.2) is 24.1 Å². The average Bonchev–Trinajstić information content (AvgIpc) is 1.87. The zero-order chi connectivity index (χ0) is 7.82. The molecule has 0 radical (unpaired) electrons. The molecular weight excluding hydrogens is 142 g/mol. The summed E-state index contributed by atoms with van der Waals surface area (Å²) in [4.78, 5) is 0. The van der Waals surface area contributed by atoms with Gasteiger partial charge in [-0.25, -0.2) is 0 Å². The van der Waals surface area contributed by atoms with Crippen LogP contribution < -0.4 is 5.32 Å². The first-order valence-electron chi connectivity index (χ1n) is 3.52. The summed E-state index contributed by atoms with van der Waals surface area (Å²) in [6, 6.07) is 0.589. The van der Waals surface area contributed by atoms with Crippen molar-refractivity contribution in [3.8, 4) is 12.3 Å². The molecule has 0 saturated carbocycles. The molecule has 0 bridgehead atoms. The molecule has 0 aromatic rings. The fourth-order valence-electron chi connectivity index (χ4n) is 0.551. The van der Waals surface area contributed by atoms with Crippen molar-refractivity contribution in [2.75, 3.05) is 18.1 Å². The van der Waals surface area contributed by atoms with Crippen molar-refractivity contribution in [2.45, 2.75) is 19.9 Å². The van der Waals surface area contributed by atoms with E-state index in [1.165, 1.54) is 0 Å². The van der Waals surface area contributed by atoms with E-state index in [1.54, 1.807) is 11.8 Å². The van der Waals surface area contributed by atoms with E-state index in [1.807, 2.05) is 0 Å². The van der Waals surface area contributed by atoms with Gasteiger partial charge in [-0.15, -0.1) is 18.2 Å². The van der Waals surface area contributed by atoms with Gasteiger partial charge in [0.1, 0.15) is 0 Å². The Labute approximate surface area is 68.0 Å². The largest absolute Gasteiger partial charge is 0.314 e. The molecule has 1 N–H and O–H groups in total. The van der Waals surface area contributed by atoms with Crippen molar-refractivity contribution < 1.29 is 0 Å². The van der Waals surface area contributed by atoms with Crippen molar-refractivity contribution in [1.29, 1.82) is 0 Å². The molecule has 0 aliphatic carbocycles. The van der Waals surface area contributed by atoms with Crippen LogP contribution in [-0.2, 0) is 0 Å². The highest BCUT2D eigenvalue weighted by molar-refractivity contribution is 7.99. The Morgan fingerprint density at radius 3 is 2.80 bits per heavy atom. The summed E-state index contributed by atoms with van der Waals surface area (Å²) in [5.41, 5.74) is 0. The maximum Gasteiger partial charge on any atom is 0.0545 e. The third-order valence-electron chi connectivity index (χ3n) is 0.984. The molecule has 10 heavy (non-hydrogen) atoms. The Morgan fingerprint density at radius 2 is 2.30 bits per heavy atom. The molecular formula is C8H15NS. The maximum absolute atomic E-state index is 5.08. The Bertz CT molecular complexity index is 104. The number of hydrogen-bond donors (Lipinski definition) is 1. The fourth-order valence-corrected chi connectivity index (χ4v) is 1.08. The topological polar surface area (TPSA) is 12.0 Å². The smallest absolute Gasteiger partial charge is 0.0545 e. The summed E-state index contributed by atoms with van der Waals surface area (Å²) in [5.74, 6) is 4.54. The number of rotatable bonds is 5. The molecule has 0 rings (SSSR count). The van der Waals surface area contributed by atoms with Crippen LogP contribution in [0.2, 0.25) is 0 Å². The predicted molar refractivity (Wildman–Crippen MR) is 49.3 cm³/mol. The number of hydrogen-bond acceptors (Lipinski definition) is 2. The summed E-state index contributed by atoms with van der Waals surface area (Å²) in [6.45, 7) is 5.35. The summed E-state index contributed by atoms with van der Waals surface area (Å²) < 4.78 is 0. The normalized spacial score (nSPS) is 9.80. The lowest BCUT2D eigenvalue weighted by Crippen LogP contribution is -2.24.